The number of carbonyl (C=O) groups is 2. The Kier molecular flexibility index (Phi) is 6.06. The van der Waals surface area contributed by atoms with E-state index in [0.29, 0.717) is 11.1 Å². The molecule has 154 valence electrons. The van der Waals surface area contributed by atoms with Crippen LogP contribution in [0.2, 0.25) is 0 Å². The molecule has 0 aromatic heterocycles. The summed E-state index contributed by atoms with van der Waals surface area (Å²) in [6.07, 6.45) is -5.73. The molecule has 0 spiro atoms. The lowest BCUT2D eigenvalue weighted by Gasteiger charge is -2.18. The Hall–Kier alpha value is -3.41. The lowest BCUT2D eigenvalue weighted by Crippen LogP contribution is -2.20. The van der Waals surface area contributed by atoms with Gasteiger partial charge in [-0.05, 0) is 38.1 Å². The van der Waals surface area contributed by atoms with Crippen molar-refractivity contribution in [2.75, 3.05) is 0 Å². The van der Waals surface area contributed by atoms with E-state index in [9.17, 15) is 22.8 Å². The summed E-state index contributed by atoms with van der Waals surface area (Å²) >= 11 is 0. The van der Waals surface area contributed by atoms with E-state index in [1.54, 1.807) is 48.5 Å². The lowest BCUT2D eigenvalue weighted by atomic mass is 9.98. The summed E-state index contributed by atoms with van der Waals surface area (Å²) in [5.74, 6) is -1.30. The minimum Gasteiger partial charge on any atom is -0.445 e. The molecule has 0 saturated carbocycles. The normalized spacial score (nSPS) is 12.3. The van der Waals surface area contributed by atoms with Crippen molar-refractivity contribution in [1.82, 2.24) is 0 Å². The van der Waals surface area contributed by atoms with Gasteiger partial charge in [0.2, 0.25) is 5.78 Å². The fourth-order valence-corrected chi connectivity index (χ4v) is 2.85. The first-order valence-electron chi connectivity index (χ1n) is 9.21. The van der Waals surface area contributed by atoms with Crippen molar-refractivity contribution >= 4 is 11.8 Å². The van der Waals surface area contributed by atoms with Gasteiger partial charge in [-0.25, -0.2) is 4.79 Å². The van der Waals surface area contributed by atoms with E-state index in [1.165, 1.54) is 0 Å². The molecule has 0 saturated heterocycles. The Morgan fingerprint density at radius 3 is 1.70 bits per heavy atom. The predicted molar refractivity (Wildman–Crippen MR) is 106 cm³/mol. The second kappa shape index (κ2) is 8.53. The standard InChI is InChI=1S/C24H19F3O3/c1-15-3-7-17(8-4-15)21(28)22(18-9-5-16(2)6-10-18)30-23(29)19-11-13-20(14-12-19)24(25,26)27/h3-14,22H,1-2H3/t22-/m1/s1. The molecule has 30 heavy (non-hydrogen) atoms. The Morgan fingerprint density at radius 2 is 1.20 bits per heavy atom. The highest BCUT2D eigenvalue weighted by Crippen LogP contribution is 2.30. The fourth-order valence-electron chi connectivity index (χ4n) is 2.85. The Bertz CT molecular complexity index is 1040. The average molecular weight is 412 g/mol. The molecule has 0 aliphatic heterocycles. The first kappa shape index (κ1) is 21.3. The van der Waals surface area contributed by atoms with Gasteiger partial charge in [0.05, 0.1) is 11.1 Å². The third-order valence-electron chi connectivity index (χ3n) is 4.63. The highest BCUT2D eigenvalue weighted by atomic mass is 19.4. The maximum Gasteiger partial charge on any atom is 0.416 e. The predicted octanol–water partition coefficient (Wildman–Crippen LogP) is 6.10. The molecule has 1 atom stereocenters. The van der Waals surface area contributed by atoms with Crippen molar-refractivity contribution in [3.8, 4) is 0 Å². The summed E-state index contributed by atoms with van der Waals surface area (Å²) in [4.78, 5) is 25.7. The number of ketones is 1. The molecule has 0 unspecified atom stereocenters. The molecule has 0 radical (unpaired) electrons. The number of carbonyl (C=O) groups excluding carboxylic acids is 2. The quantitative estimate of drug-likeness (QED) is 0.375. The lowest BCUT2D eigenvalue weighted by molar-refractivity contribution is -0.137. The van der Waals surface area contributed by atoms with Crippen molar-refractivity contribution in [2.45, 2.75) is 26.1 Å². The first-order valence-corrected chi connectivity index (χ1v) is 9.21. The van der Waals surface area contributed by atoms with Crippen molar-refractivity contribution < 1.29 is 27.5 Å². The fraction of sp³-hybridized carbons (Fsp3) is 0.167. The molecule has 6 heteroatoms. The molecule has 0 heterocycles. The largest absolute Gasteiger partial charge is 0.445 e. The highest BCUT2D eigenvalue weighted by Gasteiger charge is 2.31. The number of aryl methyl sites for hydroxylation is 2. The average Bonchev–Trinajstić information content (AvgIpc) is 2.72. The topological polar surface area (TPSA) is 43.4 Å². The zero-order valence-corrected chi connectivity index (χ0v) is 16.4. The van der Waals surface area contributed by atoms with Crippen molar-refractivity contribution in [3.05, 3.63) is 106 Å². The third-order valence-corrected chi connectivity index (χ3v) is 4.63. The Labute approximate surface area is 172 Å². The number of halogens is 3. The first-order chi connectivity index (χ1) is 14.1. The van der Waals surface area contributed by atoms with Crippen LogP contribution in [0, 0.1) is 13.8 Å². The number of hydrogen-bond acceptors (Lipinski definition) is 3. The van der Waals surface area contributed by atoms with Crippen LogP contribution in [0.3, 0.4) is 0 Å². The van der Waals surface area contributed by atoms with E-state index in [-0.39, 0.29) is 5.56 Å². The smallest absolute Gasteiger partial charge is 0.416 e. The van der Waals surface area contributed by atoms with Gasteiger partial charge in [0.25, 0.3) is 0 Å². The number of hydrogen-bond donors (Lipinski definition) is 0. The molecule has 3 nitrogen and oxygen atoms in total. The van der Waals surface area contributed by atoms with E-state index >= 15 is 0 Å². The number of rotatable bonds is 5. The van der Waals surface area contributed by atoms with Crippen LogP contribution in [0.15, 0.2) is 72.8 Å². The minimum atomic E-state index is -4.51. The van der Waals surface area contributed by atoms with E-state index in [2.05, 4.69) is 0 Å². The van der Waals surface area contributed by atoms with Crippen LogP contribution < -0.4 is 0 Å². The Morgan fingerprint density at radius 1 is 0.733 bits per heavy atom. The van der Waals surface area contributed by atoms with Crippen LogP contribution in [0.1, 0.15) is 49.1 Å². The van der Waals surface area contributed by atoms with Gasteiger partial charge < -0.3 is 4.74 Å². The van der Waals surface area contributed by atoms with Gasteiger partial charge in [0.1, 0.15) is 0 Å². The van der Waals surface area contributed by atoms with E-state index < -0.39 is 29.6 Å². The third kappa shape index (κ3) is 4.95. The van der Waals surface area contributed by atoms with E-state index in [0.717, 1.165) is 35.4 Å². The van der Waals surface area contributed by atoms with Gasteiger partial charge in [-0.15, -0.1) is 0 Å². The van der Waals surface area contributed by atoms with Crippen molar-refractivity contribution in [1.29, 1.82) is 0 Å². The minimum absolute atomic E-state index is 0.0724. The zero-order valence-electron chi connectivity index (χ0n) is 16.4. The number of esters is 1. The summed E-state index contributed by atoms with van der Waals surface area (Å²) in [5.41, 5.74) is 1.84. The Balaban J connectivity index is 1.90. The molecule has 0 N–H and O–H groups in total. The number of alkyl halides is 3. The molecule has 0 amide bonds. The number of ether oxygens (including phenoxy) is 1. The van der Waals surface area contributed by atoms with Crippen molar-refractivity contribution in [3.63, 3.8) is 0 Å². The maximum absolute atomic E-state index is 13.1. The molecule has 0 aliphatic rings. The molecule has 0 aliphatic carbocycles. The van der Waals surface area contributed by atoms with Gasteiger partial charge >= 0.3 is 12.1 Å². The second-order valence-corrected chi connectivity index (χ2v) is 7.00. The molecular weight excluding hydrogens is 393 g/mol. The van der Waals surface area contributed by atoms with Gasteiger partial charge in [-0.3, -0.25) is 4.79 Å². The van der Waals surface area contributed by atoms with Gasteiger partial charge in [-0.1, -0.05) is 59.7 Å². The van der Waals surface area contributed by atoms with Crippen LogP contribution in [0.4, 0.5) is 13.2 Å². The van der Waals surface area contributed by atoms with Gasteiger partial charge in [-0.2, -0.15) is 13.2 Å². The van der Waals surface area contributed by atoms with Gasteiger partial charge in [0.15, 0.2) is 6.10 Å². The molecule has 3 aromatic carbocycles. The van der Waals surface area contributed by atoms with E-state index in [1.807, 2.05) is 13.8 Å². The van der Waals surface area contributed by atoms with E-state index in [4.69, 9.17) is 4.74 Å². The van der Waals surface area contributed by atoms with Crippen LogP contribution in [0.25, 0.3) is 0 Å². The SMILES string of the molecule is Cc1ccc(C(=O)[C@H](OC(=O)c2ccc(C(F)(F)F)cc2)c2ccc(C)cc2)cc1. The molecule has 3 rings (SSSR count). The van der Waals surface area contributed by atoms with Crippen molar-refractivity contribution in [2.24, 2.45) is 0 Å². The molecule has 3 aromatic rings. The second-order valence-electron chi connectivity index (χ2n) is 7.00. The van der Waals surface area contributed by atoms with Crippen LogP contribution in [0.5, 0.6) is 0 Å². The summed E-state index contributed by atoms with van der Waals surface area (Å²) < 4.78 is 43.7. The van der Waals surface area contributed by atoms with Crippen LogP contribution in [-0.4, -0.2) is 11.8 Å². The van der Waals surface area contributed by atoms with Gasteiger partial charge in [0, 0.05) is 11.1 Å². The van der Waals surface area contributed by atoms with Crippen LogP contribution in [-0.2, 0) is 10.9 Å². The zero-order chi connectivity index (χ0) is 21.9. The molecule has 0 fully saturated rings. The number of benzene rings is 3. The summed E-state index contributed by atoms with van der Waals surface area (Å²) in [5, 5.41) is 0. The maximum atomic E-state index is 13.1. The summed E-state index contributed by atoms with van der Waals surface area (Å²) in [6.45, 7) is 3.77. The summed E-state index contributed by atoms with van der Waals surface area (Å²) in [6, 6.07) is 17.5. The number of Topliss-reactive ketones (excluding diaryl/α,β-unsaturated/α-hetero) is 1. The monoisotopic (exact) mass is 412 g/mol. The molecular formula is C24H19F3O3. The van der Waals surface area contributed by atoms with Crippen LogP contribution >= 0.6 is 0 Å². The highest BCUT2D eigenvalue weighted by molar-refractivity contribution is 6.02. The molecule has 0 bridgehead atoms. The summed E-state index contributed by atoms with van der Waals surface area (Å²) in [7, 11) is 0.